The molecule has 1 aliphatic carbocycles. The van der Waals surface area contributed by atoms with Gasteiger partial charge >= 0.3 is 12.1 Å². The second kappa shape index (κ2) is 7.82. The SMILES string of the molecule is CCC1=CC=C(CC(NC(=O)OC(C)(C)C)C(=O)O)C=CC1. The summed E-state index contributed by atoms with van der Waals surface area (Å²) in [6, 6.07) is -1.01. The first-order valence-electron chi connectivity index (χ1n) is 7.48. The topological polar surface area (TPSA) is 75.6 Å². The number of nitrogens with one attached hydrogen (secondary N) is 1. The van der Waals surface area contributed by atoms with Gasteiger partial charge < -0.3 is 15.2 Å². The zero-order valence-electron chi connectivity index (χ0n) is 13.7. The van der Waals surface area contributed by atoms with E-state index in [1.807, 2.05) is 24.3 Å². The van der Waals surface area contributed by atoms with Gasteiger partial charge in [-0.05, 0) is 39.2 Å². The lowest BCUT2D eigenvalue weighted by molar-refractivity contribution is -0.139. The summed E-state index contributed by atoms with van der Waals surface area (Å²) in [6.45, 7) is 7.28. The summed E-state index contributed by atoms with van der Waals surface area (Å²) in [7, 11) is 0. The van der Waals surface area contributed by atoms with Crippen LogP contribution in [0, 0.1) is 0 Å². The highest BCUT2D eigenvalue weighted by Crippen LogP contribution is 2.17. The van der Waals surface area contributed by atoms with Gasteiger partial charge in [0.2, 0.25) is 0 Å². The Balaban J connectivity index is 2.73. The Morgan fingerprint density at radius 1 is 1.36 bits per heavy atom. The number of amides is 1. The van der Waals surface area contributed by atoms with E-state index in [9.17, 15) is 14.7 Å². The first-order valence-corrected chi connectivity index (χ1v) is 7.48. The van der Waals surface area contributed by atoms with Crippen LogP contribution in [0.15, 0.2) is 35.5 Å². The van der Waals surface area contributed by atoms with E-state index in [4.69, 9.17) is 4.74 Å². The molecule has 1 unspecified atom stereocenters. The van der Waals surface area contributed by atoms with Crippen LogP contribution in [0.3, 0.4) is 0 Å². The van der Waals surface area contributed by atoms with Crippen molar-refractivity contribution in [1.29, 1.82) is 0 Å². The Morgan fingerprint density at radius 3 is 2.59 bits per heavy atom. The molecule has 0 saturated heterocycles. The summed E-state index contributed by atoms with van der Waals surface area (Å²) in [6.07, 6.45) is 9.19. The van der Waals surface area contributed by atoms with Crippen molar-refractivity contribution in [2.24, 2.45) is 0 Å². The molecule has 1 aliphatic rings. The number of aliphatic carboxylic acids is 1. The highest BCUT2D eigenvalue weighted by atomic mass is 16.6. The van der Waals surface area contributed by atoms with E-state index < -0.39 is 23.7 Å². The standard InChI is InChI=1S/C17H25NO4/c1-5-12-7-6-8-13(10-9-12)11-14(15(19)20)18-16(21)22-17(2,3)4/h6,8-10,14H,5,7,11H2,1-4H3,(H,18,21)(H,19,20). The Morgan fingerprint density at radius 2 is 2.05 bits per heavy atom. The van der Waals surface area contributed by atoms with Crippen LogP contribution in [0.5, 0.6) is 0 Å². The van der Waals surface area contributed by atoms with Gasteiger partial charge in [0.1, 0.15) is 11.6 Å². The van der Waals surface area contributed by atoms with E-state index in [-0.39, 0.29) is 6.42 Å². The number of carbonyl (C=O) groups excluding carboxylic acids is 1. The number of ether oxygens (including phenoxy) is 1. The van der Waals surface area contributed by atoms with Gasteiger partial charge in [0.25, 0.3) is 0 Å². The maximum absolute atomic E-state index is 11.7. The van der Waals surface area contributed by atoms with Gasteiger partial charge in [-0.25, -0.2) is 9.59 Å². The number of rotatable bonds is 5. The lowest BCUT2D eigenvalue weighted by Gasteiger charge is -2.22. The fourth-order valence-electron chi connectivity index (χ4n) is 1.99. The molecule has 0 bridgehead atoms. The zero-order valence-corrected chi connectivity index (χ0v) is 13.7. The van der Waals surface area contributed by atoms with Crippen molar-refractivity contribution in [3.63, 3.8) is 0 Å². The third kappa shape index (κ3) is 6.61. The predicted molar refractivity (Wildman–Crippen MR) is 85.6 cm³/mol. The van der Waals surface area contributed by atoms with E-state index >= 15 is 0 Å². The Kier molecular flexibility index (Phi) is 6.40. The predicted octanol–water partition coefficient (Wildman–Crippen LogP) is 3.58. The lowest BCUT2D eigenvalue weighted by atomic mass is 10.1. The molecule has 1 atom stereocenters. The summed E-state index contributed by atoms with van der Waals surface area (Å²) >= 11 is 0. The number of carboxylic acids is 1. The van der Waals surface area contributed by atoms with Crippen molar-refractivity contribution >= 4 is 12.1 Å². The number of hydrogen-bond donors (Lipinski definition) is 2. The molecule has 0 saturated carbocycles. The molecule has 0 radical (unpaired) electrons. The highest BCUT2D eigenvalue weighted by Gasteiger charge is 2.24. The molecule has 0 heterocycles. The molecule has 1 rings (SSSR count). The molecular formula is C17H25NO4. The minimum atomic E-state index is -1.08. The van der Waals surface area contributed by atoms with Crippen molar-refractivity contribution in [3.8, 4) is 0 Å². The molecule has 122 valence electrons. The summed E-state index contributed by atoms with van der Waals surface area (Å²) in [5, 5.41) is 11.7. The Labute approximate surface area is 131 Å². The minimum Gasteiger partial charge on any atom is -0.480 e. The van der Waals surface area contributed by atoms with E-state index in [0.29, 0.717) is 0 Å². The van der Waals surface area contributed by atoms with Gasteiger partial charge in [-0.15, -0.1) is 0 Å². The number of allylic oxidation sites excluding steroid dienone is 5. The van der Waals surface area contributed by atoms with Crippen LogP contribution in [0.4, 0.5) is 4.79 Å². The summed E-state index contributed by atoms with van der Waals surface area (Å²) < 4.78 is 5.10. The average molecular weight is 307 g/mol. The Hall–Kier alpha value is -2.04. The van der Waals surface area contributed by atoms with E-state index in [2.05, 4.69) is 12.2 Å². The summed E-state index contributed by atoms with van der Waals surface area (Å²) in [4.78, 5) is 23.1. The molecule has 5 nitrogen and oxygen atoms in total. The maximum Gasteiger partial charge on any atom is 0.408 e. The molecule has 5 heteroatoms. The molecule has 0 aromatic rings. The third-order valence-electron chi connectivity index (χ3n) is 3.13. The summed E-state index contributed by atoms with van der Waals surface area (Å²) in [5.41, 5.74) is 1.50. The van der Waals surface area contributed by atoms with E-state index in [1.54, 1.807) is 20.8 Å². The highest BCUT2D eigenvalue weighted by molar-refractivity contribution is 5.80. The molecule has 0 aromatic carbocycles. The van der Waals surface area contributed by atoms with Crippen LogP contribution < -0.4 is 5.32 Å². The van der Waals surface area contributed by atoms with Gasteiger partial charge in [0, 0.05) is 6.42 Å². The molecule has 0 aliphatic heterocycles. The van der Waals surface area contributed by atoms with Crippen LogP contribution in [0.1, 0.15) is 47.0 Å². The molecule has 22 heavy (non-hydrogen) atoms. The fourth-order valence-corrected chi connectivity index (χ4v) is 1.99. The molecule has 0 spiro atoms. The average Bonchev–Trinajstić information content (AvgIpc) is 2.60. The second-order valence-corrected chi connectivity index (χ2v) is 6.27. The quantitative estimate of drug-likeness (QED) is 0.814. The van der Waals surface area contributed by atoms with E-state index in [0.717, 1.165) is 18.4 Å². The van der Waals surface area contributed by atoms with Crippen LogP contribution in [0.2, 0.25) is 0 Å². The van der Waals surface area contributed by atoms with Gasteiger partial charge in [0.15, 0.2) is 0 Å². The van der Waals surface area contributed by atoms with E-state index in [1.165, 1.54) is 5.57 Å². The van der Waals surface area contributed by atoms with Crippen LogP contribution in [0.25, 0.3) is 0 Å². The van der Waals surface area contributed by atoms with Crippen molar-refractivity contribution in [1.82, 2.24) is 5.32 Å². The second-order valence-electron chi connectivity index (χ2n) is 6.27. The monoisotopic (exact) mass is 307 g/mol. The van der Waals surface area contributed by atoms with Crippen molar-refractivity contribution in [3.05, 3.63) is 35.5 Å². The maximum atomic E-state index is 11.7. The van der Waals surface area contributed by atoms with Crippen LogP contribution in [-0.4, -0.2) is 28.8 Å². The summed E-state index contributed by atoms with van der Waals surface area (Å²) in [5.74, 6) is -1.08. The first kappa shape index (κ1) is 18.0. The number of hydrogen-bond acceptors (Lipinski definition) is 3. The van der Waals surface area contributed by atoms with Crippen LogP contribution in [-0.2, 0) is 9.53 Å². The number of carbonyl (C=O) groups is 2. The molecular weight excluding hydrogens is 282 g/mol. The van der Waals surface area contributed by atoms with Crippen molar-refractivity contribution in [2.75, 3.05) is 0 Å². The Bertz CT molecular complexity index is 509. The fraction of sp³-hybridized carbons (Fsp3) is 0.529. The third-order valence-corrected chi connectivity index (χ3v) is 3.13. The molecule has 0 aromatic heterocycles. The minimum absolute atomic E-state index is 0.221. The molecule has 1 amide bonds. The van der Waals surface area contributed by atoms with Crippen molar-refractivity contribution in [2.45, 2.75) is 58.6 Å². The van der Waals surface area contributed by atoms with Gasteiger partial charge in [0.05, 0.1) is 0 Å². The molecule has 0 fully saturated rings. The first-order chi connectivity index (χ1) is 10.2. The largest absolute Gasteiger partial charge is 0.480 e. The van der Waals surface area contributed by atoms with Gasteiger partial charge in [-0.1, -0.05) is 36.8 Å². The smallest absolute Gasteiger partial charge is 0.408 e. The van der Waals surface area contributed by atoms with Gasteiger partial charge in [-0.3, -0.25) is 0 Å². The normalized spacial score (nSPS) is 16.2. The van der Waals surface area contributed by atoms with Crippen LogP contribution >= 0.6 is 0 Å². The molecule has 2 N–H and O–H groups in total. The van der Waals surface area contributed by atoms with Crippen molar-refractivity contribution < 1.29 is 19.4 Å². The van der Waals surface area contributed by atoms with Gasteiger partial charge in [-0.2, -0.15) is 0 Å². The lowest BCUT2D eigenvalue weighted by Crippen LogP contribution is -2.43. The zero-order chi connectivity index (χ0) is 16.8. The number of alkyl carbamates (subject to hydrolysis) is 1. The number of carboxylic acid groups (broad SMARTS) is 1.